The first-order chi connectivity index (χ1) is 10.7. The largest absolute Gasteiger partial charge is 0.465 e. The molecule has 0 spiro atoms. The van der Waals surface area contributed by atoms with Gasteiger partial charge in [0.25, 0.3) is 0 Å². The minimum Gasteiger partial charge on any atom is -0.465 e. The molecule has 0 aliphatic rings. The van der Waals surface area contributed by atoms with E-state index in [0.29, 0.717) is 5.56 Å². The number of benzene rings is 1. The SMILES string of the molecule is COC(=O)c1cccc(-c2ccc(-c3ccc[n+](C)c3)[nH]2)c1. The first-order valence-electron chi connectivity index (χ1n) is 7.01. The van der Waals surface area contributed by atoms with E-state index in [1.807, 2.05) is 54.2 Å². The summed E-state index contributed by atoms with van der Waals surface area (Å²) >= 11 is 0. The molecule has 1 N–H and O–H groups in total. The van der Waals surface area contributed by atoms with E-state index in [2.05, 4.69) is 17.2 Å². The third kappa shape index (κ3) is 2.76. The topological polar surface area (TPSA) is 46.0 Å². The molecular weight excluding hydrogens is 276 g/mol. The molecule has 0 unspecified atom stereocenters. The summed E-state index contributed by atoms with van der Waals surface area (Å²) in [6.45, 7) is 0. The zero-order valence-electron chi connectivity index (χ0n) is 12.5. The minimum absolute atomic E-state index is 0.330. The van der Waals surface area contributed by atoms with E-state index in [-0.39, 0.29) is 5.97 Å². The van der Waals surface area contributed by atoms with Gasteiger partial charge in [0.2, 0.25) is 0 Å². The summed E-state index contributed by atoms with van der Waals surface area (Å²) in [5.74, 6) is -0.330. The third-order valence-electron chi connectivity index (χ3n) is 3.53. The van der Waals surface area contributed by atoms with Gasteiger partial charge in [-0.15, -0.1) is 0 Å². The number of carbonyl (C=O) groups is 1. The van der Waals surface area contributed by atoms with E-state index < -0.39 is 0 Å². The zero-order chi connectivity index (χ0) is 15.5. The van der Waals surface area contributed by atoms with Gasteiger partial charge in [-0.2, -0.15) is 0 Å². The summed E-state index contributed by atoms with van der Waals surface area (Å²) in [6, 6.07) is 15.5. The number of esters is 1. The predicted molar refractivity (Wildman–Crippen MR) is 84.2 cm³/mol. The van der Waals surface area contributed by atoms with Gasteiger partial charge in [0, 0.05) is 11.8 Å². The number of hydrogen-bond donors (Lipinski definition) is 1. The van der Waals surface area contributed by atoms with Gasteiger partial charge < -0.3 is 9.72 Å². The van der Waals surface area contributed by atoms with Crippen LogP contribution in [-0.2, 0) is 11.8 Å². The summed E-state index contributed by atoms with van der Waals surface area (Å²) < 4.78 is 6.77. The van der Waals surface area contributed by atoms with Crippen LogP contribution in [0.5, 0.6) is 0 Å². The summed E-state index contributed by atoms with van der Waals surface area (Å²) in [4.78, 5) is 15.0. The van der Waals surface area contributed by atoms with Crippen molar-refractivity contribution in [1.29, 1.82) is 0 Å². The molecule has 3 rings (SSSR count). The second-order valence-corrected chi connectivity index (χ2v) is 5.12. The molecule has 0 radical (unpaired) electrons. The Balaban J connectivity index is 1.96. The Kier molecular flexibility index (Phi) is 3.74. The average Bonchev–Trinajstić information content (AvgIpc) is 3.04. The molecular formula is C18H17N2O2+. The highest BCUT2D eigenvalue weighted by Crippen LogP contribution is 2.24. The highest BCUT2D eigenvalue weighted by molar-refractivity contribution is 5.90. The number of H-pyrrole nitrogens is 1. The molecule has 3 aromatic rings. The van der Waals surface area contributed by atoms with Gasteiger partial charge in [-0.3, -0.25) is 0 Å². The van der Waals surface area contributed by atoms with Crippen molar-refractivity contribution in [2.24, 2.45) is 7.05 Å². The van der Waals surface area contributed by atoms with Gasteiger partial charge in [0.15, 0.2) is 12.4 Å². The number of rotatable bonds is 3. The predicted octanol–water partition coefficient (Wildman–Crippen LogP) is 2.96. The minimum atomic E-state index is -0.330. The maximum atomic E-state index is 11.6. The van der Waals surface area contributed by atoms with E-state index in [9.17, 15) is 4.79 Å². The van der Waals surface area contributed by atoms with Gasteiger partial charge in [-0.05, 0) is 35.9 Å². The Morgan fingerprint density at radius 2 is 1.77 bits per heavy atom. The number of nitrogens with one attached hydrogen (secondary N) is 1. The molecule has 4 nitrogen and oxygen atoms in total. The molecule has 4 heteroatoms. The van der Waals surface area contributed by atoms with Crippen LogP contribution in [0.15, 0.2) is 60.9 Å². The number of nitrogens with zero attached hydrogens (tertiary/aromatic N) is 1. The molecule has 0 aliphatic carbocycles. The summed E-state index contributed by atoms with van der Waals surface area (Å²) in [5, 5.41) is 0. The fourth-order valence-electron chi connectivity index (χ4n) is 2.41. The van der Waals surface area contributed by atoms with Gasteiger partial charge in [0.1, 0.15) is 7.05 Å². The van der Waals surface area contributed by atoms with Crippen LogP contribution in [0.4, 0.5) is 0 Å². The second kappa shape index (κ2) is 5.85. The van der Waals surface area contributed by atoms with Crippen LogP contribution in [0, 0.1) is 0 Å². The van der Waals surface area contributed by atoms with E-state index >= 15 is 0 Å². The van der Waals surface area contributed by atoms with Crippen molar-refractivity contribution in [3.05, 3.63) is 66.5 Å². The Hall–Kier alpha value is -2.88. The van der Waals surface area contributed by atoms with Crippen molar-refractivity contribution in [2.45, 2.75) is 0 Å². The van der Waals surface area contributed by atoms with Crippen LogP contribution in [0.25, 0.3) is 22.5 Å². The molecule has 0 atom stereocenters. The summed E-state index contributed by atoms with van der Waals surface area (Å²) in [6.07, 6.45) is 4.05. The maximum absolute atomic E-state index is 11.6. The number of hydrogen-bond acceptors (Lipinski definition) is 2. The molecule has 2 heterocycles. The van der Waals surface area contributed by atoms with Crippen LogP contribution in [0.3, 0.4) is 0 Å². The van der Waals surface area contributed by atoms with Crippen LogP contribution >= 0.6 is 0 Å². The molecule has 1 aromatic carbocycles. The Labute approximate surface area is 129 Å². The monoisotopic (exact) mass is 293 g/mol. The van der Waals surface area contributed by atoms with E-state index in [4.69, 9.17) is 4.74 Å². The Morgan fingerprint density at radius 3 is 2.50 bits per heavy atom. The lowest BCUT2D eigenvalue weighted by Crippen LogP contribution is -2.26. The van der Waals surface area contributed by atoms with Gasteiger partial charge in [-0.1, -0.05) is 12.1 Å². The van der Waals surface area contributed by atoms with Crippen molar-refractivity contribution >= 4 is 5.97 Å². The fourth-order valence-corrected chi connectivity index (χ4v) is 2.41. The molecule has 0 fully saturated rings. The summed E-state index contributed by atoms with van der Waals surface area (Å²) in [7, 11) is 3.38. The van der Waals surface area contributed by atoms with E-state index in [0.717, 1.165) is 22.5 Å². The van der Waals surface area contributed by atoms with Gasteiger partial charge in [-0.25, -0.2) is 9.36 Å². The number of carbonyl (C=O) groups excluding carboxylic acids is 1. The average molecular weight is 293 g/mol. The molecule has 0 bridgehead atoms. The van der Waals surface area contributed by atoms with Gasteiger partial charge >= 0.3 is 5.97 Å². The lowest BCUT2D eigenvalue weighted by Gasteiger charge is -2.02. The highest BCUT2D eigenvalue weighted by Gasteiger charge is 2.09. The maximum Gasteiger partial charge on any atom is 0.337 e. The molecule has 22 heavy (non-hydrogen) atoms. The molecule has 0 amide bonds. The highest BCUT2D eigenvalue weighted by atomic mass is 16.5. The number of aromatic nitrogens is 2. The van der Waals surface area contributed by atoms with Crippen LogP contribution in [0.1, 0.15) is 10.4 Å². The standard InChI is InChI=1S/C18H17N2O2/c1-20-10-4-7-15(12-20)17-9-8-16(19-17)13-5-3-6-14(11-13)18(21)22-2/h3-12,19H,1-2H3/q+1. The summed E-state index contributed by atoms with van der Waals surface area (Å²) in [5.41, 5.74) is 4.61. The van der Waals surface area contributed by atoms with Crippen molar-refractivity contribution in [1.82, 2.24) is 4.98 Å². The molecule has 0 saturated carbocycles. The number of methoxy groups -OCH3 is 1. The van der Waals surface area contributed by atoms with Crippen LogP contribution in [-0.4, -0.2) is 18.1 Å². The first-order valence-corrected chi connectivity index (χ1v) is 7.01. The number of aryl methyl sites for hydroxylation is 1. The molecule has 0 saturated heterocycles. The molecule has 110 valence electrons. The number of ether oxygens (including phenoxy) is 1. The van der Waals surface area contributed by atoms with Crippen LogP contribution < -0.4 is 4.57 Å². The van der Waals surface area contributed by atoms with Crippen molar-refractivity contribution in [3.63, 3.8) is 0 Å². The molecule has 0 aliphatic heterocycles. The van der Waals surface area contributed by atoms with Crippen molar-refractivity contribution in [3.8, 4) is 22.5 Å². The Bertz CT molecular complexity index is 821. The Morgan fingerprint density at radius 1 is 1.05 bits per heavy atom. The second-order valence-electron chi connectivity index (χ2n) is 5.12. The smallest absolute Gasteiger partial charge is 0.337 e. The van der Waals surface area contributed by atoms with E-state index in [1.165, 1.54) is 7.11 Å². The normalized spacial score (nSPS) is 10.5. The number of pyridine rings is 1. The van der Waals surface area contributed by atoms with Crippen LogP contribution in [0.2, 0.25) is 0 Å². The van der Waals surface area contributed by atoms with Crippen molar-refractivity contribution in [2.75, 3.05) is 7.11 Å². The first kappa shape index (κ1) is 14.1. The lowest BCUT2D eigenvalue weighted by atomic mass is 10.1. The third-order valence-corrected chi connectivity index (χ3v) is 3.53. The quantitative estimate of drug-likeness (QED) is 0.596. The lowest BCUT2D eigenvalue weighted by molar-refractivity contribution is -0.671. The van der Waals surface area contributed by atoms with Crippen molar-refractivity contribution < 1.29 is 14.1 Å². The van der Waals surface area contributed by atoms with Gasteiger partial charge in [0.05, 0.1) is 23.9 Å². The molecule has 2 aromatic heterocycles. The number of aromatic amines is 1. The fraction of sp³-hybridized carbons (Fsp3) is 0.111. The van der Waals surface area contributed by atoms with E-state index in [1.54, 1.807) is 6.07 Å². The zero-order valence-corrected chi connectivity index (χ0v) is 12.5.